The lowest BCUT2D eigenvalue weighted by Crippen LogP contribution is -2.02. The van der Waals surface area contributed by atoms with Gasteiger partial charge in [0.25, 0.3) is 0 Å². The Balaban J connectivity index is 2.60. The van der Waals surface area contributed by atoms with Crippen molar-refractivity contribution in [1.29, 1.82) is 0 Å². The number of anilines is 1. The molecule has 0 atom stereocenters. The van der Waals surface area contributed by atoms with E-state index in [0.717, 1.165) is 5.69 Å². The van der Waals surface area contributed by atoms with Crippen molar-refractivity contribution in [1.82, 2.24) is 0 Å². The number of hydrogen-bond donors (Lipinski definition) is 1. The van der Waals surface area contributed by atoms with Crippen molar-refractivity contribution < 1.29 is 9.13 Å². The quantitative estimate of drug-likeness (QED) is 0.766. The van der Waals surface area contributed by atoms with Crippen LogP contribution in [-0.4, -0.2) is 20.3 Å². The minimum absolute atomic E-state index is 0.308. The van der Waals surface area contributed by atoms with Crippen LogP contribution >= 0.6 is 11.6 Å². The second kappa shape index (κ2) is 5.70. The number of nitrogens with one attached hydrogen (secondary N) is 1. The van der Waals surface area contributed by atoms with Crippen molar-refractivity contribution >= 4 is 17.3 Å². The number of halogens is 2. The second-order valence-corrected chi connectivity index (χ2v) is 3.23. The topological polar surface area (TPSA) is 21.3 Å². The maximum absolute atomic E-state index is 11.8. The van der Waals surface area contributed by atoms with Gasteiger partial charge in [0, 0.05) is 18.3 Å². The van der Waals surface area contributed by atoms with Gasteiger partial charge in [0.2, 0.25) is 0 Å². The largest absolute Gasteiger partial charge is 0.495 e. The molecule has 0 amide bonds. The van der Waals surface area contributed by atoms with Gasteiger partial charge in [0.15, 0.2) is 0 Å². The predicted octanol–water partition coefficient (Wildman–Crippen LogP) is 3.12. The lowest BCUT2D eigenvalue weighted by atomic mass is 10.3. The molecule has 1 aromatic rings. The van der Waals surface area contributed by atoms with Gasteiger partial charge in [-0.3, -0.25) is 4.39 Å². The number of benzene rings is 1. The Morgan fingerprint density at radius 3 is 2.93 bits per heavy atom. The summed E-state index contributed by atoms with van der Waals surface area (Å²) in [4.78, 5) is 0. The van der Waals surface area contributed by atoms with Crippen LogP contribution in [0.5, 0.6) is 5.75 Å². The van der Waals surface area contributed by atoms with Gasteiger partial charge in [-0.2, -0.15) is 0 Å². The number of hydrogen-bond acceptors (Lipinski definition) is 2. The van der Waals surface area contributed by atoms with E-state index in [4.69, 9.17) is 16.3 Å². The van der Waals surface area contributed by atoms with Crippen molar-refractivity contribution in [2.75, 3.05) is 25.6 Å². The van der Waals surface area contributed by atoms with Crippen LogP contribution in [0.3, 0.4) is 0 Å². The maximum atomic E-state index is 11.8. The van der Waals surface area contributed by atoms with Crippen molar-refractivity contribution in [3.8, 4) is 5.75 Å². The van der Waals surface area contributed by atoms with Crippen LogP contribution < -0.4 is 10.1 Å². The summed E-state index contributed by atoms with van der Waals surface area (Å²) in [6, 6.07) is 5.38. The average molecular weight is 218 g/mol. The summed E-state index contributed by atoms with van der Waals surface area (Å²) in [5.41, 5.74) is 0.889. The van der Waals surface area contributed by atoms with Crippen LogP contribution in [0.2, 0.25) is 5.02 Å². The van der Waals surface area contributed by atoms with E-state index in [1.165, 1.54) is 0 Å². The van der Waals surface area contributed by atoms with Gasteiger partial charge in [-0.25, -0.2) is 0 Å². The van der Waals surface area contributed by atoms with Gasteiger partial charge in [-0.05, 0) is 18.6 Å². The van der Waals surface area contributed by atoms with E-state index >= 15 is 0 Å². The van der Waals surface area contributed by atoms with E-state index in [1.807, 2.05) is 6.07 Å². The van der Waals surface area contributed by atoms with Gasteiger partial charge in [0.05, 0.1) is 18.8 Å². The zero-order valence-corrected chi connectivity index (χ0v) is 8.77. The molecule has 0 aliphatic heterocycles. The Kier molecular flexibility index (Phi) is 4.53. The van der Waals surface area contributed by atoms with Crippen molar-refractivity contribution in [2.24, 2.45) is 0 Å². The van der Waals surface area contributed by atoms with E-state index in [1.54, 1.807) is 19.2 Å². The monoisotopic (exact) mass is 217 g/mol. The van der Waals surface area contributed by atoms with Gasteiger partial charge in [0.1, 0.15) is 5.75 Å². The highest BCUT2D eigenvalue weighted by Gasteiger charge is 2.00. The van der Waals surface area contributed by atoms with Crippen LogP contribution in [0.25, 0.3) is 0 Å². The van der Waals surface area contributed by atoms with Crippen LogP contribution in [0.1, 0.15) is 6.42 Å². The predicted molar refractivity (Wildman–Crippen MR) is 57.1 cm³/mol. The number of alkyl halides is 1. The third-order valence-corrected chi connectivity index (χ3v) is 2.10. The lowest BCUT2D eigenvalue weighted by molar-refractivity contribution is 0.415. The molecular formula is C10H13ClFNO. The van der Waals surface area contributed by atoms with Crippen molar-refractivity contribution in [3.05, 3.63) is 23.2 Å². The molecule has 2 nitrogen and oxygen atoms in total. The highest BCUT2D eigenvalue weighted by atomic mass is 35.5. The van der Waals surface area contributed by atoms with E-state index in [0.29, 0.717) is 23.7 Å². The molecule has 0 radical (unpaired) electrons. The van der Waals surface area contributed by atoms with E-state index < -0.39 is 0 Å². The van der Waals surface area contributed by atoms with E-state index in [-0.39, 0.29) is 6.67 Å². The Morgan fingerprint density at radius 2 is 2.29 bits per heavy atom. The fourth-order valence-electron chi connectivity index (χ4n) is 1.07. The molecule has 1 rings (SSSR count). The molecule has 1 N–H and O–H groups in total. The number of methoxy groups -OCH3 is 1. The minimum atomic E-state index is -0.308. The van der Waals surface area contributed by atoms with Gasteiger partial charge in [-0.15, -0.1) is 0 Å². The first-order valence-electron chi connectivity index (χ1n) is 4.41. The first kappa shape index (κ1) is 11.1. The summed E-state index contributed by atoms with van der Waals surface area (Å²) in [5, 5.41) is 3.64. The van der Waals surface area contributed by atoms with Crippen LogP contribution in [-0.2, 0) is 0 Å². The Morgan fingerprint density at radius 1 is 1.50 bits per heavy atom. The molecule has 0 saturated carbocycles. The van der Waals surface area contributed by atoms with E-state index in [2.05, 4.69) is 5.32 Å². The molecule has 0 aromatic heterocycles. The molecular weight excluding hydrogens is 205 g/mol. The molecule has 1 aromatic carbocycles. The summed E-state index contributed by atoms with van der Waals surface area (Å²) >= 11 is 5.84. The zero-order valence-electron chi connectivity index (χ0n) is 8.02. The summed E-state index contributed by atoms with van der Waals surface area (Å²) in [6.07, 6.45) is 0.505. The molecule has 0 saturated heterocycles. The third kappa shape index (κ3) is 3.07. The Labute approximate surface area is 88.0 Å². The standard InChI is InChI=1S/C10H13ClFNO/c1-14-10-7-8(3-4-9(10)11)13-6-2-5-12/h3-4,7,13H,2,5-6H2,1H3. The van der Waals surface area contributed by atoms with E-state index in [9.17, 15) is 4.39 Å². The smallest absolute Gasteiger partial charge is 0.139 e. The first-order chi connectivity index (χ1) is 6.77. The fourth-order valence-corrected chi connectivity index (χ4v) is 1.26. The molecule has 0 spiro atoms. The Hall–Kier alpha value is -0.960. The van der Waals surface area contributed by atoms with Crippen LogP contribution in [0.15, 0.2) is 18.2 Å². The van der Waals surface area contributed by atoms with Crippen molar-refractivity contribution in [3.63, 3.8) is 0 Å². The average Bonchev–Trinajstić information content (AvgIpc) is 2.21. The van der Waals surface area contributed by atoms with Crippen LogP contribution in [0.4, 0.5) is 10.1 Å². The second-order valence-electron chi connectivity index (χ2n) is 2.82. The summed E-state index contributed by atoms with van der Waals surface area (Å²) in [7, 11) is 1.56. The highest BCUT2D eigenvalue weighted by molar-refractivity contribution is 6.32. The fraction of sp³-hybridized carbons (Fsp3) is 0.400. The molecule has 0 bridgehead atoms. The summed E-state index contributed by atoms with van der Waals surface area (Å²) in [5.74, 6) is 0.622. The minimum Gasteiger partial charge on any atom is -0.495 e. The zero-order chi connectivity index (χ0) is 10.4. The molecule has 0 aliphatic carbocycles. The Bertz CT molecular complexity index is 293. The molecule has 78 valence electrons. The lowest BCUT2D eigenvalue weighted by Gasteiger charge is -2.08. The van der Waals surface area contributed by atoms with Gasteiger partial charge < -0.3 is 10.1 Å². The van der Waals surface area contributed by atoms with Crippen molar-refractivity contribution in [2.45, 2.75) is 6.42 Å². The normalized spacial score (nSPS) is 9.93. The maximum Gasteiger partial charge on any atom is 0.139 e. The summed E-state index contributed by atoms with van der Waals surface area (Å²) in [6.45, 7) is 0.305. The third-order valence-electron chi connectivity index (χ3n) is 1.79. The van der Waals surface area contributed by atoms with Gasteiger partial charge >= 0.3 is 0 Å². The van der Waals surface area contributed by atoms with Gasteiger partial charge in [-0.1, -0.05) is 11.6 Å². The number of ether oxygens (including phenoxy) is 1. The highest BCUT2D eigenvalue weighted by Crippen LogP contribution is 2.27. The van der Waals surface area contributed by atoms with Crippen LogP contribution in [0, 0.1) is 0 Å². The molecule has 0 fully saturated rings. The molecule has 0 unspecified atom stereocenters. The molecule has 0 aliphatic rings. The number of rotatable bonds is 5. The first-order valence-corrected chi connectivity index (χ1v) is 4.79. The molecule has 14 heavy (non-hydrogen) atoms. The molecule has 4 heteroatoms. The summed E-state index contributed by atoms with van der Waals surface area (Å²) < 4.78 is 16.9. The SMILES string of the molecule is COc1cc(NCCCF)ccc1Cl. The molecule has 0 heterocycles.